The standard InChI is InChI=1S/C19H22ClNO4/c1-23-17-5-2-3-6-18(17)25-14-12-21-19(22)7-4-13-24-16-10-8-15(20)9-11-16/h2-3,5-6,8-11H,4,7,12-14H2,1H3,(H,21,22). The minimum absolute atomic E-state index is 0.0247. The highest BCUT2D eigenvalue weighted by molar-refractivity contribution is 6.30. The molecule has 25 heavy (non-hydrogen) atoms. The topological polar surface area (TPSA) is 56.8 Å². The molecule has 1 N–H and O–H groups in total. The van der Waals surface area contributed by atoms with Crippen LogP contribution in [0.3, 0.4) is 0 Å². The highest BCUT2D eigenvalue weighted by Gasteiger charge is 2.04. The Balaban J connectivity index is 1.56. The van der Waals surface area contributed by atoms with Gasteiger partial charge in [0.25, 0.3) is 0 Å². The van der Waals surface area contributed by atoms with Gasteiger partial charge in [-0.1, -0.05) is 23.7 Å². The van der Waals surface area contributed by atoms with Gasteiger partial charge in [0.1, 0.15) is 12.4 Å². The summed E-state index contributed by atoms with van der Waals surface area (Å²) in [6, 6.07) is 14.5. The van der Waals surface area contributed by atoms with Gasteiger partial charge in [0.15, 0.2) is 11.5 Å². The lowest BCUT2D eigenvalue weighted by Crippen LogP contribution is -2.28. The molecule has 2 aromatic rings. The van der Waals surface area contributed by atoms with Crippen LogP contribution in [-0.2, 0) is 4.79 Å². The first kappa shape index (κ1) is 18.9. The maximum Gasteiger partial charge on any atom is 0.220 e. The second-order valence-electron chi connectivity index (χ2n) is 5.26. The van der Waals surface area contributed by atoms with Gasteiger partial charge >= 0.3 is 0 Å². The third-order valence-corrected chi connectivity index (χ3v) is 3.63. The van der Waals surface area contributed by atoms with Crippen LogP contribution in [0.15, 0.2) is 48.5 Å². The van der Waals surface area contributed by atoms with Crippen LogP contribution in [-0.4, -0.2) is 32.8 Å². The van der Waals surface area contributed by atoms with Crippen LogP contribution in [0.2, 0.25) is 5.02 Å². The molecule has 0 unspecified atom stereocenters. The number of benzene rings is 2. The van der Waals surface area contributed by atoms with E-state index in [0.717, 1.165) is 5.75 Å². The lowest BCUT2D eigenvalue weighted by Gasteiger charge is -2.11. The molecule has 0 radical (unpaired) electrons. The molecule has 2 aromatic carbocycles. The minimum Gasteiger partial charge on any atom is -0.494 e. The number of carbonyl (C=O) groups excluding carboxylic acids is 1. The predicted molar refractivity (Wildman–Crippen MR) is 97.7 cm³/mol. The first-order valence-electron chi connectivity index (χ1n) is 8.10. The normalized spacial score (nSPS) is 10.2. The van der Waals surface area contributed by atoms with Gasteiger partial charge in [-0.15, -0.1) is 0 Å². The molecule has 0 spiro atoms. The molecule has 1 amide bonds. The summed E-state index contributed by atoms with van der Waals surface area (Å²) in [6.07, 6.45) is 1.05. The van der Waals surface area contributed by atoms with Gasteiger partial charge in [0.05, 0.1) is 20.3 Å². The zero-order valence-electron chi connectivity index (χ0n) is 14.2. The first-order chi connectivity index (χ1) is 12.2. The van der Waals surface area contributed by atoms with Crippen LogP contribution < -0.4 is 19.5 Å². The fraction of sp³-hybridized carbons (Fsp3) is 0.316. The van der Waals surface area contributed by atoms with Crippen molar-refractivity contribution in [3.8, 4) is 17.2 Å². The summed E-state index contributed by atoms with van der Waals surface area (Å²) in [6.45, 7) is 1.30. The highest BCUT2D eigenvalue weighted by atomic mass is 35.5. The lowest BCUT2D eigenvalue weighted by molar-refractivity contribution is -0.121. The molecule has 0 fully saturated rings. The number of halogens is 1. The number of methoxy groups -OCH3 is 1. The molecule has 0 aromatic heterocycles. The van der Waals surface area contributed by atoms with Crippen molar-refractivity contribution in [3.63, 3.8) is 0 Å². The number of ether oxygens (including phenoxy) is 3. The van der Waals surface area contributed by atoms with Crippen LogP contribution in [0.25, 0.3) is 0 Å². The van der Waals surface area contributed by atoms with Gasteiger partial charge in [0.2, 0.25) is 5.91 Å². The fourth-order valence-corrected chi connectivity index (χ4v) is 2.26. The Labute approximate surface area is 152 Å². The molecule has 0 heterocycles. The molecular weight excluding hydrogens is 342 g/mol. The zero-order valence-corrected chi connectivity index (χ0v) is 14.9. The number of amides is 1. The average molecular weight is 364 g/mol. The quantitative estimate of drug-likeness (QED) is 0.654. The van der Waals surface area contributed by atoms with Gasteiger partial charge in [-0.3, -0.25) is 4.79 Å². The molecule has 0 aliphatic rings. The van der Waals surface area contributed by atoms with Gasteiger partial charge in [0, 0.05) is 11.4 Å². The Hall–Kier alpha value is -2.40. The van der Waals surface area contributed by atoms with Crippen molar-refractivity contribution < 1.29 is 19.0 Å². The van der Waals surface area contributed by atoms with Crippen molar-refractivity contribution in [2.75, 3.05) is 26.9 Å². The van der Waals surface area contributed by atoms with E-state index in [0.29, 0.717) is 49.1 Å². The van der Waals surface area contributed by atoms with E-state index in [9.17, 15) is 4.79 Å². The van der Waals surface area contributed by atoms with Gasteiger partial charge < -0.3 is 19.5 Å². The highest BCUT2D eigenvalue weighted by Crippen LogP contribution is 2.25. The van der Waals surface area contributed by atoms with Crippen LogP contribution >= 0.6 is 11.6 Å². The van der Waals surface area contributed by atoms with Crippen molar-refractivity contribution in [2.45, 2.75) is 12.8 Å². The van der Waals surface area contributed by atoms with E-state index in [2.05, 4.69) is 5.32 Å². The van der Waals surface area contributed by atoms with Crippen molar-refractivity contribution in [3.05, 3.63) is 53.6 Å². The summed E-state index contributed by atoms with van der Waals surface area (Å²) in [5, 5.41) is 3.49. The number of nitrogens with one attached hydrogen (secondary N) is 1. The second kappa shape index (κ2) is 10.5. The molecule has 0 saturated carbocycles. The third kappa shape index (κ3) is 6.93. The maximum absolute atomic E-state index is 11.8. The summed E-state index contributed by atoms with van der Waals surface area (Å²) in [5.41, 5.74) is 0. The molecule has 0 aliphatic heterocycles. The number of para-hydroxylation sites is 2. The van der Waals surface area contributed by atoms with Gasteiger partial charge in [-0.2, -0.15) is 0 Å². The number of carbonyl (C=O) groups is 1. The molecule has 5 nitrogen and oxygen atoms in total. The van der Waals surface area contributed by atoms with Crippen LogP contribution in [0, 0.1) is 0 Å². The molecule has 0 saturated heterocycles. The second-order valence-corrected chi connectivity index (χ2v) is 5.69. The Bertz CT molecular complexity index is 661. The van der Waals surface area contributed by atoms with E-state index in [1.807, 2.05) is 24.3 Å². The smallest absolute Gasteiger partial charge is 0.220 e. The molecule has 134 valence electrons. The molecule has 0 atom stereocenters. The largest absolute Gasteiger partial charge is 0.494 e. The number of hydrogen-bond acceptors (Lipinski definition) is 4. The molecule has 0 aliphatic carbocycles. The van der Waals surface area contributed by atoms with Crippen LogP contribution in [0.5, 0.6) is 17.2 Å². The summed E-state index contributed by atoms with van der Waals surface area (Å²) in [7, 11) is 1.59. The van der Waals surface area contributed by atoms with E-state index < -0.39 is 0 Å². The SMILES string of the molecule is COc1ccccc1OCCNC(=O)CCCOc1ccc(Cl)cc1. The summed E-state index contributed by atoms with van der Waals surface area (Å²) in [5.74, 6) is 2.06. The third-order valence-electron chi connectivity index (χ3n) is 3.38. The number of hydrogen-bond donors (Lipinski definition) is 1. The Morgan fingerprint density at radius 3 is 2.44 bits per heavy atom. The van der Waals surface area contributed by atoms with Crippen molar-refractivity contribution >= 4 is 17.5 Å². The number of rotatable bonds is 10. The monoisotopic (exact) mass is 363 g/mol. The molecular formula is C19H22ClNO4. The summed E-state index contributed by atoms with van der Waals surface area (Å²) >= 11 is 5.81. The summed E-state index contributed by atoms with van der Waals surface area (Å²) in [4.78, 5) is 11.8. The van der Waals surface area contributed by atoms with Gasteiger partial charge in [-0.25, -0.2) is 0 Å². The summed E-state index contributed by atoms with van der Waals surface area (Å²) < 4.78 is 16.3. The molecule has 6 heteroatoms. The van der Waals surface area contributed by atoms with Crippen molar-refractivity contribution in [1.82, 2.24) is 5.32 Å². The fourth-order valence-electron chi connectivity index (χ4n) is 2.13. The Morgan fingerprint density at radius 2 is 1.72 bits per heavy atom. The molecule has 2 rings (SSSR count). The molecule has 0 bridgehead atoms. The van der Waals surface area contributed by atoms with Gasteiger partial charge in [-0.05, 0) is 42.8 Å². The predicted octanol–water partition coefficient (Wildman–Crippen LogP) is 3.70. The van der Waals surface area contributed by atoms with E-state index in [1.54, 1.807) is 31.4 Å². The van der Waals surface area contributed by atoms with Crippen molar-refractivity contribution in [2.24, 2.45) is 0 Å². The van der Waals surface area contributed by atoms with Crippen molar-refractivity contribution in [1.29, 1.82) is 0 Å². The van der Waals surface area contributed by atoms with Crippen LogP contribution in [0.4, 0.5) is 0 Å². The minimum atomic E-state index is -0.0247. The Morgan fingerprint density at radius 1 is 1.00 bits per heavy atom. The maximum atomic E-state index is 11.8. The first-order valence-corrected chi connectivity index (χ1v) is 8.47. The van der Waals surface area contributed by atoms with Crippen LogP contribution in [0.1, 0.15) is 12.8 Å². The lowest BCUT2D eigenvalue weighted by atomic mass is 10.3. The van der Waals surface area contributed by atoms with E-state index in [1.165, 1.54) is 0 Å². The zero-order chi connectivity index (χ0) is 17.9. The van der Waals surface area contributed by atoms with E-state index in [-0.39, 0.29) is 5.91 Å². The van der Waals surface area contributed by atoms with E-state index in [4.69, 9.17) is 25.8 Å². The van der Waals surface area contributed by atoms with E-state index >= 15 is 0 Å². The Kier molecular flexibility index (Phi) is 7.92. The average Bonchev–Trinajstić information content (AvgIpc) is 2.64.